The Balaban J connectivity index is 1.50. The van der Waals surface area contributed by atoms with Crippen LogP contribution in [0, 0.1) is 5.82 Å². The third kappa shape index (κ3) is 9.12. The molecule has 224 valence electrons. The molecule has 3 N–H and O–H groups in total. The maximum absolute atomic E-state index is 13.6. The minimum Gasteiger partial charge on any atom is -0.484 e. The van der Waals surface area contributed by atoms with Crippen molar-refractivity contribution in [2.75, 3.05) is 24.5 Å². The molecule has 11 heteroatoms. The first-order valence-corrected chi connectivity index (χ1v) is 15.0. The fourth-order valence-electron chi connectivity index (χ4n) is 4.31. The van der Waals surface area contributed by atoms with Gasteiger partial charge in [-0.25, -0.2) is 12.8 Å². The van der Waals surface area contributed by atoms with Crippen LogP contribution in [0.3, 0.4) is 0 Å². The fraction of sp³-hybridized carbons (Fsp3) is 0.188. The lowest BCUT2D eigenvalue weighted by Crippen LogP contribution is -2.52. The predicted octanol–water partition coefficient (Wildman–Crippen LogP) is 3.75. The van der Waals surface area contributed by atoms with E-state index in [2.05, 4.69) is 10.0 Å². The van der Waals surface area contributed by atoms with E-state index in [1.165, 1.54) is 41.3 Å². The van der Waals surface area contributed by atoms with Gasteiger partial charge in [-0.05, 0) is 59.7 Å². The highest BCUT2D eigenvalue weighted by molar-refractivity contribution is 7.92. The lowest BCUT2D eigenvalue weighted by molar-refractivity contribution is -0.142. The molecule has 0 spiro atoms. The van der Waals surface area contributed by atoms with E-state index in [0.717, 1.165) is 23.3 Å². The van der Waals surface area contributed by atoms with E-state index in [9.17, 15) is 27.5 Å². The number of hydrogen-bond acceptors (Lipinski definition) is 6. The highest BCUT2D eigenvalue weighted by Gasteiger charge is 2.30. The van der Waals surface area contributed by atoms with Crippen LogP contribution in [0.1, 0.15) is 11.1 Å². The van der Waals surface area contributed by atoms with Crippen LogP contribution in [0.25, 0.3) is 0 Å². The highest BCUT2D eigenvalue weighted by atomic mass is 32.2. The predicted molar refractivity (Wildman–Crippen MR) is 160 cm³/mol. The Morgan fingerprint density at radius 1 is 0.837 bits per heavy atom. The van der Waals surface area contributed by atoms with Gasteiger partial charge in [0.05, 0.1) is 11.5 Å². The molecule has 43 heavy (non-hydrogen) atoms. The standard InChI is InChI=1S/C32H32FN3O6S/c33-26-11-13-27(14-12-26)35-43(40,41)29-17-15-28(16-18-29)42-23-31(38)36(22-25-9-5-2-6-10-25)30(32(39)34-19-20-37)21-24-7-3-1-4-8-24/h1-18,30,35,37H,19-23H2,(H,34,39)/t30-/m1/s1. The van der Waals surface area contributed by atoms with E-state index in [0.29, 0.717) is 0 Å². The van der Waals surface area contributed by atoms with Crippen molar-refractivity contribution in [3.05, 3.63) is 126 Å². The minimum atomic E-state index is -3.95. The molecule has 0 saturated heterocycles. The molecule has 0 fully saturated rings. The van der Waals surface area contributed by atoms with E-state index in [4.69, 9.17) is 4.74 Å². The molecule has 1 atom stereocenters. The molecule has 0 saturated carbocycles. The van der Waals surface area contributed by atoms with Gasteiger partial charge in [-0.1, -0.05) is 60.7 Å². The first kappa shape index (κ1) is 31.2. The molecule has 4 aromatic carbocycles. The Morgan fingerprint density at radius 2 is 1.44 bits per heavy atom. The summed E-state index contributed by atoms with van der Waals surface area (Å²) in [6.45, 7) is -0.478. The zero-order chi connectivity index (χ0) is 30.7. The van der Waals surface area contributed by atoms with E-state index in [1.807, 2.05) is 60.7 Å². The van der Waals surface area contributed by atoms with Gasteiger partial charge in [-0.3, -0.25) is 14.3 Å². The van der Waals surface area contributed by atoms with E-state index >= 15 is 0 Å². The van der Waals surface area contributed by atoms with Crippen molar-refractivity contribution in [1.29, 1.82) is 0 Å². The fourth-order valence-corrected chi connectivity index (χ4v) is 5.36. The van der Waals surface area contributed by atoms with Gasteiger partial charge in [-0.2, -0.15) is 0 Å². The van der Waals surface area contributed by atoms with Crippen LogP contribution in [0.4, 0.5) is 10.1 Å². The summed E-state index contributed by atoms with van der Waals surface area (Å²) in [7, 11) is -3.95. The first-order chi connectivity index (χ1) is 20.7. The summed E-state index contributed by atoms with van der Waals surface area (Å²) in [5, 5.41) is 11.9. The van der Waals surface area contributed by atoms with E-state index in [-0.39, 0.29) is 42.4 Å². The van der Waals surface area contributed by atoms with Crippen LogP contribution in [-0.4, -0.2) is 56.0 Å². The Hall–Kier alpha value is -4.74. The summed E-state index contributed by atoms with van der Waals surface area (Å²) in [5.41, 5.74) is 1.87. The largest absolute Gasteiger partial charge is 0.484 e. The lowest BCUT2D eigenvalue weighted by atomic mass is 10.0. The van der Waals surface area contributed by atoms with E-state index in [1.54, 1.807) is 0 Å². The summed E-state index contributed by atoms with van der Waals surface area (Å²) >= 11 is 0. The number of benzene rings is 4. The number of nitrogens with zero attached hydrogens (tertiary/aromatic N) is 1. The average molecular weight is 606 g/mol. The Bertz CT molecular complexity index is 1590. The monoisotopic (exact) mass is 605 g/mol. The Kier molecular flexibility index (Phi) is 10.8. The average Bonchev–Trinajstić information content (AvgIpc) is 3.02. The van der Waals surface area contributed by atoms with Crippen molar-refractivity contribution >= 4 is 27.5 Å². The summed E-state index contributed by atoms with van der Waals surface area (Å²) < 4.78 is 46.7. The van der Waals surface area contributed by atoms with Gasteiger partial charge in [0, 0.05) is 25.2 Å². The number of rotatable bonds is 14. The van der Waals surface area contributed by atoms with Crippen molar-refractivity contribution in [2.45, 2.75) is 23.9 Å². The van der Waals surface area contributed by atoms with E-state index < -0.39 is 40.3 Å². The molecule has 0 unspecified atom stereocenters. The Labute approximate surface area is 250 Å². The summed E-state index contributed by atoms with van der Waals surface area (Å²) in [4.78, 5) is 28.3. The van der Waals surface area contributed by atoms with Gasteiger partial charge < -0.3 is 20.1 Å². The quantitative estimate of drug-likeness (QED) is 0.201. The first-order valence-electron chi connectivity index (χ1n) is 13.5. The molecule has 0 heterocycles. The number of hydrogen-bond donors (Lipinski definition) is 3. The van der Waals surface area contributed by atoms with Crippen molar-refractivity contribution in [3.63, 3.8) is 0 Å². The summed E-state index contributed by atoms with van der Waals surface area (Å²) in [6, 6.07) is 28.1. The Morgan fingerprint density at radius 3 is 2.05 bits per heavy atom. The molecule has 0 aliphatic heterocycles. The molecule has 4 aromatic rings. The van der Waals surface area contributed by atoms with Gasteiger partial charge in [0.15, 0.2) is 6.61 Å². The number of amides is 2. The second-order valence-electron chi connectivity index (χ2n) is 9.60. The van der Waals surface area contributed by atoms with Crippen LogP contribution in [-0.2, 0) is 32.6 Å². The molecule has 0 aliphatic rings. The topological polar surface area (TPSA) is 125 Å². The summed E-state index contributed by atoms with van der Waals surface area (Å²) in [5.74, 6) is -1.11. The molecular formula is C32H32FN3O6S. The smallest absolute Gasteiger partial charge is 0.261 e. The molecule has 0 bridgehead atoms. The number of aliphatic hydroxyl groups excluding tert-OH is 1. The van der Waals surface area contributed by atoms with Crippen molar-refractivity contribution in [2.24, 2.45) is 0 Å². The number of carbonyl (C=O) groups excluding carboxylic acids is 2. The van der Waals surface area contributed by atoms with Gasteiger partial charge in [-0.15, -0.1) is 0 Å². The molecular weight excluding hydrogens is 573 g/mol. The maximum Gasteiger partial charge on any atom is 0.261 e. The highest BCUT2D eigenvalue weighted by Crippen LogP contribution is 2.21. The zero-order valence-electron chi connectivity index (χ0n) is 23.2. The SMILES string of the molecule is O=C(NCCO)[C@@H](Cc1ccccc1)N(Cc1ccccc1)C(=O)COc1ccc(S(=O)(=O)Nc2ccc(F)cc2)cc1. The number of aliphatic hydroxyl groups is 1. The van der Waals surface area contributed by atoms with Crippen LogP contribution >= 0.6 is 0 Å². The lowest BCUT2D eigenvalue weighted by Gasteiger charge is -2.31. The van der Waals surface area contributed by atoms with Crippen LogP contribution < -0.4 is 14.8 Å². The molecule has 2 amide bonds. The third-order valence-electron chi connectivity index (χ3n) is 6.47. The van der Waals surface area contributed by atoms with Gasteiger partial charge >= 0.3 is 0 Å². The van der Waals surface area contributed by atoms with Crippen LogP contribution in [0.15, 0.2) is 114 Å². The number of halogens is 1. The number of anilines is 1. The zero-order valence-corrected chi connectivity index (χ0v) is 24.0. The molecule has 0 aromatic heterocycles. The maximum atomic E-state index is 13.6. The minimum absolute atomic E-state index is 0.0409. The van der Waals surface area contributed by atoms with Crippen LogP contribution in [0.2, 0.25) is 0 Å². The number of sulfonamides is 1. The van der Waals surface area contributed by atoms with Gasteiger partial charge in [0.1, 0.15) is 17.6 Å². The number of nitrogens with one attached hydrogen (secondary N) is 2. The second-order valence-corrected chi connectivity index (χ2v) is 11.3. The molecule has 0 radical (unpaired) electrons. The van der Waals surface area contributed by atoms with Crippen molar-refractivity contribution < 1.29 is 32.2 Å². The number of ether oxygens (including phenoxy) is 1. The third-order valence-corrected chi connectivity index (χ3v) is 7.87. The van der Waals surface area contributed by atoms with Gasteiger partial charge in [0.25, 0.3) is 15.9 Å². The van der Waals surface area contributed by atoms with Gasteiger partial charge in [0.2, 0.25) is 5.91 Å². The summed E-state index contributed by atoms with van der Waals surface area (Å²) in [6.07, 6.45) is 0.240. The molecule has 4 rings (SSSR count). The normalized spacial score (nSPS) is 11.8. The molecule has 0 aliphatic carbocycles. The second kappa shape index (κ2) is 14.9. The van der Waals surface area contributed by atoms with Crippen molar-refractivity contribution in [1.82, 2.24) is 10.2 Å². The molecule has 9 nitrogen and oxygen atoms in total. The van der Waals surface area contributed by atoms with Crippen LogP contribution in [0.5, 0.6) is 5.75 Å². The van der Waals surface area contributed by atoms with Crippen molar-refractivity contribution in [3.8, 4) is 5.75 Å². The number of carbonyl (C=O) groups is 2.